The standard InChI is InChI=1S/C20H31NO5Si.C19H31NO4Si.CH4.B.FH.Li.H/c1-20(2,3)27(5,6)26-16-12-17(18(22)24-4)21(13-16)19(23)25-14-15-10-8-7-9-11-15;1-19(2,3)25(4,5)24-17-11-16(13-21)20(12-17)18(22)23-14-15-9-7-6-8-10-15;;;;;/h7-11,16-17H,12-14H2,1-6H3;6-10,16-17,21H,11-14H2,1-5H3;1H4;;1H;;/q;;;;;+1;-1/t2*16-,17-;;;;;/m00...../s1. The second-order valence-electron chi connectivity index (χ2n) is 16.7. The molecule has 0 saturated carbocycles. The first-order valence-electron chi connectivity index (χ1n) is 18.2. The maximum absolute atomic E-state index is 12.6. The molecule has 56 heavy (non-hydrogen) atoms. The summed E-state index contributed by atoms with van der Waals surface area (Å²) in [5.74, 6) is -0.437. The summed E-state index contributed by atoms with van der Waals surface area (Å²) in [5.41, 5.74) is 1.85. The van der Waals surface area contributed by atoms with Crippen LogP contribution in [0.3, 0.4) is 0 Å². The Morgan fingerprint density at radius 1 is 0.732 bits per heavy atom. The Morgan fingerprint density at radius 2 is 1.11 bits per heavy atom. The number of hydrogen-bond donors (Lipinski definition) is 1. The third kappa shape index (κ3) is 15.6. The van der Waals surface area contributed by atoms with Gasteiger partial charge < -0.3 is 34.5 Å². The van der Waals surface area contributed by atoms with Crippen molar-refractivity contribution in [2.24, 2.45) is 0 Å². The molecule has 2 aliphatic rings. The van der Waals surface area contributed by atoms with Crippen LogP contribution in [0.25, 0.3) is 0 Å². The minimum absolute atomic E-state index is 0. The van der Waals surface area contributed by atoms with Gasteiger partial charge in [-0.2, -0.15) is 0 Å². The normalized spacial score (nSPS) is 19.4. The van der Waals surface area contributed by atoms with Crippen molar-refractivity contribution in [3.8, 4) is 0 Å². The van der Waals surface area contributed by atoms with Crippen molar-refractivity contribution in [2.45, 2.75) is 136 Å². The molecule has 1 N–H and O–H groups in total. The summed E-state index contributed by atoms with van der Waals surface area (Å²) in [6, 6.07) is 18.1. The molecular formula is C40H68BFLiN2O9Si2. The van der Waals surface area contributed by atoms with Crippen molar-refractivity contribution in [2.75, 3.05) is 26.8 Å². The van der Waals surface area contributed by atoms with E-state index in [4.69, 9.17) is 23.1 Å². The number of nitrogens with zero attached hydrogens (tertiary/aromatic N) is 2. The first-order valence-corrected chi connectivity index (χ1v) is 24.0. The Morgan fingerprint density at radius 3 is 1.48 bits per heavy atom. The Kier molecular flexibility index (Phi) is 23.5. The van der Waals surface area contributed by atoms with Gasteiger partial charge in [-0.15, -0.1) is 0 Å². The fraction of sp³-hybridized carbons (Fsp3) is 0.625. The molecule has 2 fully saturated rings. The van der Waals surface area contributed by atoms with Crippen LogP contribution in [0.15, 0.2) is 60.7 Å². The number of amides is 2. The van der Waals surface area contributed by atoms with E-state index in [0.29, 0.717) is 25.9 Å². The van der Waals surface area contributed by atoms with Crippen LogP contribution in [0.1, 0.15) is 74.4 Å². The van der Waals surface area contributed by atoms with E-state index >= 15 is 0 Å². The Hall–Kier alpha value is -2.64. The first-order chi connectivity index (χ1) is 24.2. The molecule has 0 bridgehead atoms. The third-order valence-corrected chi connectivity index (χ3v) is 19.8. The molecule has 16 heteroatoms. The molecule has 0 aliphatic carbocycles. The van der Waals surface area contributed by atoms with Gasteiger partial charge in [0.1, 0.15) is 19.3 Å². The van der Waals surface area contributed by atoms with Gasteiger partial charge in [0, 0.05) is 27.9 Å². The number of carbonyl (C=O) groups excluding carboxylic acids is 3. The molecule has 4 rings (SSSR count). The zero-order valence-electron chi connectivity index (χ0n) is 36.1. The summed E-state index contributed by atoms with van der Waals surface area (Å²) in [6.07, 6.45) is -0.0512. The van der Waals surface area contributed by atoms with Gasteiger partial charge in [-0.25, -0.2) is 14.4 Å². The van der Waals surface area contributed by atoms with Crippen LogP contribution < -0.4 is 18.9 Å². The summed E-state index contributed by atoms with van der Waals surface area (Å²) in [6.45, 7) is 23.0. The topological polar surface area (TPSA) is 124 Å². The average Bonchev–Trinajstić information content (AvgIpc) is 3.69. The van der Waals surface area contributed by atoms with Crippen molar-refractivity contribution < 1.29 is 67.5 Å². The zero-order valence-corrected chi connectivity index (χ0v) is 37.1. The van der Waals surface area contributed by atoms with Gasteiger partial charge in [-0.3, -0.25) is 9.60 Å². The summed E-state index contributed by atoms with van der Waals surface area (Å²) >= 11 is 0. The van der Waals surface area contributed by atoms with Gasteiger partial charge in [0.05, 0.1) is 32.0 Å². The number of carbonyl (C=O) groups is 3. The fourth-order valence-corrected chi connectivity index (χ4v) is 8.31. The van der Waals surface area contributed by atoms with Crippen molar-refractivity contribution >= 4 is 43.2 Å². The van der Waals surface area contributed by atoms with E-state index in [1.165, 1.54) is 12.0 Å². The van der Waals surface area contributed by atoms with Gasteiger partial charge in [-0.1, -0.05) is 110 Å². The molecule has 2 amide bonds. The predicted octanol–water partition coefficient (Wildman–Crippen LogP) is 5.27. The fourth-order valence-electron chi connectivity index (χ4n) is 5.59. The van der Waals surface area contributed by atoms with Crippen LogP contribution in [0.4, 0.5) is 14.3 Å². The monoisotopic (exact) mass is 813 g/mol. The molecule has 0 aromatic heterocycles. The smallest absolute Gasteiger partial charge is 1.00 e. The predicted molar refractivity (Wildman–Crippen MR) is 223 cm³/mol. The van der Waals surface area contributed by atoms with E-state index < -0.39 is 34.7 Å². The van der Waals surface area contributed by atoms with E-state index in [1.807, 2.05) is 60.7 Å². The van der Waals surface area contributed by atoms with Gasteiger partial charge in [0.25, 0.3) is 0 Å². The Labute approximate surface area is 353 Å². The number of halogens is 1. The van der Waals surface area contributed by atoms with Crippen molar-refractivity contribution in [1.82, 2.24) is 9.80 Å². The molecule has 2 aromatic carbocycles. The SMILES string of the molecule is C.CC(C)(C)[Si](C)(C)O[C@H]1C[C@@H](CO)N(C(=O)OCc2ccccc2)C1.COC(=O)[C@@H]1C[C@H](O[Si](C)(C)C(C)(C)C)CN1C(=O)OCc1ccccc1.F.[B].[H-].[Li+]. The summed E-state index contributed by atoms with van der Waals surface area (Å²) in [7, 11) is -2.59. The summed E-state index contributed by atoms with van der Waals surface area (Å²) in [4.78, 5) is 40.3. The number of methoxy groups -OCH3 is 1. The minimum Gasteiger partial charge on any atom is -1.00 e. The Bertz CT molecular complexity index is 1470. The molecule has 3 radical (unpaired) electrons. The van der Waals surface area contributed by atoms with Crippen LogP contribution in [0.5, 0.6) is 0 Å². The minimum atomic E-state index is -2.01. The molecule has 0 unspecified atom stereocenters. The summed E-state index contributed by atoms with van der Waals surface area (Å²) < 4.78 is 28.6. The second kappa shape index (κ2) is 23.7. The molecule has 311 valence electrons. The van der Waals surface area contributed by atoms with Gasteiger partial charge in [0.15, 0.2) is 16.6 Å². The van der Waals surface area contributed by atoms with E-state index in [-0.39, 0.29) is 95.1 Å². The van der Waals surface area contributed by atoms with E-state index in [1.54, 1.807) is 4.90 Å². The van der Waals surface area contributed by atoms with E-state index in [2.05, 4.69) is 67.7 Å². The number of aliphatic hydroxyl groups is 1. The number of likely N-dealkylation sites (tertiary alicyclic amines) is 2. The maximum Gasteiger partial charge on any atom is 1.00 e. The number of aliphatic hydroxyl groups excluding tert-OH is 1. The van der Waals surface area contributed by atoms with Crippen molar-refractivity contribution in [1.29, 1.82) is 0 Å². The van der Waals surface area contributed by atoms with Gasteiger partial charge >= 0.3 is 37.0 Å². The van der Waals surface area contributed by atoms with Crippen molar-refractivity contribution in [3.05, 3.63) is 71.8 Å². The molecule has 2 aliphatic heterocycles. The van der Waals surface area contributed by atoms with Crippen LogP contribution in [0, 0.1) is 0 Å². The number of esters is 1. The molecule has 2 saturated heterocycles. The number of hydrogen-bond acceptors (Lipinski definition) is 9. The molecule has 11 nitrogen and oxygen atoms in total. The Balaban J connectivity index is -0.000000943. The van der Waals surface area contributed by atoms with Crippen LogP contribution >= 0.6 is 0 Å². The van der Waals surface area contributed by atoms with Crippen molar-refractivity contribution in [3.63, 3.8) is 0 Å². The van der Waals surface area contributed by atoms with Crippen LogP contribution in [-0.2, 0) is 41.1 Å². The van der Waals surface area contributed by atoms with E-state index in [9.17, 15) is 19.5 Å². The summed E-state index contributed by atoms with van der Waals surface area (Å²) in [5, 5.41) is 9.82. The zero-order chi connectivity index (χ0) is 38.9. The molecule has 4 atom stereocenters. The van der Waals surface area contributed by atoms with Gasteiger partial charge in [0.2, 0.25) is 0 Å². The average molecular weight is 814 g/mol. The molecule has 2 heterocycles. The first kappa shape index (κ1) is 55.5. The van der Waals surface area contributed by atoms with Crippen LogP contribution in [-0.4, -0.2) is 109 Å². The number of ether oxygens (including phenoxy) is 3. The number of benzene rings is 2. The quantitative estimate of drug-likeness (QED) is 0.194. The van der Waals surface area contributed by atoms with Gasteiger partial charge in [-0.05, 0) is 53.8 Å². The molecule has 0 spiro atoms. The second-order valence-corrected chi connectivity index (χ2v) is 26.2. The number of rotatable bonds is 10. The van der Waals surface area contributed by atoms with Crippen LogP contribution in [0.2, 0.25) is 36.3 Å². The maximum atomic E-state index is 12.6. The molecule has 2 aromatic rings. The van der Waals surface area contributed by atoms with E-state index in [0.717, 1.165) is 11.1 Å². The largest absolute Gasteiger partial charge is 1.00 e. The molecular weight excluding hydrogens is 745 g/mol. The third-order valence-electron chi connectivity index (χ3n) is 10.7.